The van der Waals surface area contributed by atoms with Crippen molar-refractivity contribution in [2.75, 3.05) is 26.5 Å². The van der Waals surface area contributed by atoms with Gasteiger partial charge in [0.1, 0.15) is 11.8 Å². The number of carbonyl (C=O) groups is 1. The molecule has 2 heterocycles. The monoisotopic (exact) mass is 503 g/mol. The number of benzene rings is 2. The van der Waals surface area contributed by atoms with Crippen LogP contribution < -0.4 is 4.74 Å². The lowest BCUT2D eigenvalue weighted by molar-refractivity contribution is -0.145. The first-order valence-corrected chi connectivity index (χ1v) is 13.7. The first-order chi connectivity index (χ1) is 16.0. The summed E-state index contributed by atoms with van der Waals surface area (Å²) in [5.74, 6) is 0.208. The van der Waals surface area contributed by atoms with Crippen LogP contribution in [0.1, 0.15) is 16.4 Å². The lowest BCUT2D eigenvalue weighted by atomic mass is 9.94. The van der Waals surface area contributed by atoms with Gasteiger partial charge in [-0.25, -0.2) is 8.42 Å². The Morgan fingerprint density at radius 2 is 1.82 bits per heavy atom. The minimum absolute atomic E-state index is 0.122. The molecule has 9 heteroatoms. The molecule has 0 N–H and O–H groups in total. The molecular weight excluding hydrogens is 478 g/mol. The molecule has 2 aromatic carbocycles. The zero-order valence-corrected chi connectivity index (χ0v) is 20.8. The third kappa shape index (κ3) is 4.96. The third-order valence-corrected chi connectivity index (χ3v) is 9.73. The van der Waals surface area contributed by atoms with Crippen molar-refractivity contribution >= 4 is 39.1 Å². The molecule has 0 radical (unpaired) electrons. The van der Waals surface area contributed by atoms with Crippen molar-refractivity contribution in [3.8, 4) is 5.75 Å². The number of ether oxygens (including phenoxy) is 2. The Morgan fingerprint density at radius 3 is 2.48 bits per heavy atom. The predicted molar refractivity (Wildman–Crippen MR) is 131 cm³/mol. The third-order valence-electron chi connectivity index (χ3n) is 5.71. The van der Waals surface area contributed by atoms with Gasteiger partial charge in [-0.2, -0.15) is 4.31 Å². The van der Waals surface area contributed by atoms with Crippen LogP contribution in [0.25, 0.3) is 0 Å². The molecule has 33 heavy (non-hydrogen) atoms. The Balaban J connectivity index is 1.75. The smallest absolute Gasteiger partial charge is 0.324 e. The van der Waals surface area contributed by atoms with E-state index < -0.39 is 22.0 Å². The van der Waals surface area contributed by atoms with E-state index in [4.69, 9.17) is 9.47 Å². The standard InChI is InChI=1S/C24H25NO5S3/c1-29-17-8-10-19(11-9-17)33(27,28)25-14-12-22-20(13-15-31-22)21(23(25)24(26)30-2)16-32-18-6-4-3-5-7-18/h3-11,13,15,21,23H,12,14,16H2,1-2H3/t21-,23-/m0/s1. The number of esters is 1. The molecule has 6 nitrogen and oxygen atoms in total. The van der Waals surface area contributed by atoms with Gasteiger partial charge in [0.05, 0.1) is 19.1 Å². The van der Waals surface area contributed by atoms with Crippen molar-refractivity contribution < 1.29 is 22.7 Å². The van der Waals surface area contributed by atoms with Crippen molar-refractivity contribution in [2.45, 2.75) is 28.2 Å². The summed E-state index contributed by atoms with van der Waals surface area (Å²) in [4.78, 5) is 15.4. The average molecular weight is 504 g/mol. The molecule has 0 saturated carbocycles. The summed E-state index contributed by atoms with van der Waals surface area (Å²) in [6, 6.07) is 17.2. The van der Waals surface area contributed by atoms with E-state index in [9.17, 15) is 13.2 Å². The molecule has 3 aromatic rings. The Hall–Kier alpha value is -2.33. The van der Waals surface area contributed by atoms with Crippen molar-refractivity contribution in [2.24, 2.45) is 0 Å². The number of thioether (sulfide) groups is 1. The lowest BCUT2D eigenvalue weighted by Gasteiger charge is -2.32. The molecule has 0 spiro atoms. The maximum absolute atomic E-state index is 13.7. The van der Waals surface area contributed by atoms with Gasteiger partial charge in [-0.15, -0.1) is 23.1 Å². The zero-order chi connectivity index (χ0) is 23.4. The molecule has 0 bridgehead atoms. The first-order valence-electron chi connectivity index (χ1n) is 10.4. The van der Waals surface area contributed by atoms with Crippen LogP contribution in [0.15, 0.2) is 75.8 Å². The second kappa shape index (κ2) is 10.3. The van der Waals surface area contributed by atoms with E-state index in [1.807, 2.05) is 41.8 Å². The summed E-state index contributed by atoms with van der Waals surface area (Å²) in [5.41, 5.74) is 1.02. The molecule has 2 atom stereocenters. The Labute approximate surface area is 202 Å². The maximum atomic E-state index is 13.7. The van der Waals surface area contributed by atoms with Crippen molar-refractivity contribution in [1.29, 1.82) is 0 Å². The van der Waals surface area contributed by atoms with Crippen LogP contribution in [0, 0.1) is 0 Å². The van der Waals surface area contributed by atoms with Gasteiger partial charge in [-0.1, -0.05) is 18.2 Å². The molecule has 0 aliphatic carbocycles. The van der Waals surface area contributed by atoms with Gasteiger partial charge in [0, 0.05) is 28.0 Å². The van der Waals surface area contributed by atoms with Gasteiger partial charge < -0.3 is 9.47 Å². The zero-order valence-electron chi connectivity index (χ0n) is 18.3. The van der Waals surface area contributed by atoms with E-state index in [1.165, 1.54) is 30.7 Å². The summed E-state index contributed by atoms with van der Waals surface area (Å²) < 4.78 is 39.1. The first kappa shape index (κ1) is 23.8. The highest BCUT2D eigenvalue weighted by Gasteiger charge is 2.44. The molecule has 1 aromatic heterocycles. The molecule has 1 aliphatic heterocycles. The van der Waals surface area contributed by atoms with Crippen LogP contribution in [0.5, 0.6) is 5.75 Å². The number of hydrogen-bond donors (Lipinski definition) is 0. The topological polar surface area (TPSA) is 72.9 Å². The van der Waals surface area contributed by atoms with E-state index in [1.54, 1.807) is 35.2 Å². The minimum Gasteiger partial charge on any atom is -0.497 e. The molecule has 174 valence electrons. The molecule has 0 amide bonds. The molecular formula is C24H25NO5S3. The highest BCUT2D eigenvalue weighted by Crippen LogP contribution is 2.39. The van der Waals surface area contributed by atoms with Crippen LogP contribution in [0.3, 0.4) is 0 Å². The number of nitrogens with zero attached hydrogens (tertiary/aromatic N) is 1. The van der Waals surface area contributed by atoms with Gasteiger partial charge in [-0.3, -0.25) is 4.79 Å². The lowest BCUT2D eigenvalue weighted by Crippen LogP contribution is -2.49. The summed E-state index contributed by atoms with van der Waals surface area (Å²) in [5, 5.41) is 2.01. The fourth-order valence-electron chi connectivity index (χ4n) is 4.04. The number of hydrogen-bond acceptors (Lipinski definition) is 7. The highest BCUT2D eigenvalue weighted by molar-refractivity contribution is 7.99. The Kier molecular flexibility index (Phi) is 7.43. The Bertz CT molecular complexity index is 1190. The Morgan fingerprint density at radius 1 is 1.09 bits per heavy atom. The largest absolute Gasteiger partial charge is 0.497 e. The molecule has 0 fully saturated rings. The molecule has 1 aliphatic rings. The second-order valence-electron chi connectivity index (χ2n) is 7.54. The van der Waals surface area contributed by atoms with Gasteiger partial charge >= 0.3 is 5.97 Å². The van der Waals surface area contributed by atoms with Crippen molar-refractivity contribution in [1.82, 2.24) is 4.31 Å². The van der Waals surface area contributed by atoms with E-state index >= 15 is 0 Å². The van der Waals surface area contributed by atoms with E-state index in [-0.39, 0.29) is 17.4 Å². The van der Waals surface area contributed by atoms with Crippen LogP contribution in [-0.2, 0) is 26.0 Å². The number of methoxy groups -OCH3 is 2. The maximum Gasteiger partial charge on any atom is 0.324 e. The van der Waals surface area contributed by atoms with Crippen LogP contribution in [0.2, 0.25) is 0 Å². The SMILES string of the molecule is COC(=O)[C@@H]1[C@@H](CSc2ccccc2)c2ccsc2CCN1S(=O)(=O)c1ccc(OC)cc1. The number of thiophene rings is 1. The number of carbonyl (C=O) groups excluding carboxylic acids is 1. The fourth-order valence-corrected chi connectivity index (χ4v) is 7.69. The number of rotatable bonds is 7. The number of fused-ring (bicyclic) bond motifs is 1. The van der Waals surface area contributed by atoms with Gasteiger partial charge in [-0.05, 0) is 59.8 Å². The van der Waals surface area contributed by atoms with Gasteiger partial charge in [0.25, 0.3) is 0 Å². The van der Waals surface area contributed by atoms with Crippen molar-refractivity contribution in [3.63, 3.8) is 0 Å². The second-order valence-corrected chi connectivity index (χ2v) is 11.5. The predicted octanol–water partition coefficient (Wildman–Crippen LogP) is 4.42. The fraction of sp³-hybridized carbons (Fsp3) is 0.292. The quantitative estimate of drug-likeness (QED) is 0.351. The minimum atomic E-state index is -3.95. The number of sulfonamides is 1. The summed E-state index contributed by atoms with van der Waals surface area (Å²) in [6.45, 7) is 0.203. The van der Waals surface area contributed by atoms with Crippen LogP contribution in [-0.4, -0.2) is 51.3 Å². The van der Waals surface area contributed by atoms with E-state index in [0.717, 1.165) is 15.3 Å². The normalized spacial score (nSPS) is 18.8. The van der Waals surface area contributed by atoms with E-state index in [0.29, 0.717) is 17.9 Å². The van der Waals surface area contributed by atoms with Crippen LogP contribution in [0.4, 0.5) is 0 Å². The average Bonchev–Trinajstić information content (AvgIpc) is 3.25. The summed E-state index contributed by atoms with van der Waals surface area (Å²) in [6.07, 6.45) is 0.544. The highest BCUT2D eigenvalue weighted by atomic mass is 32.2. The summed E-state index contributed by atoms with van der Waals surface area (Å²) >= 11 is 3.21. The summed E-state index contributed by atoms with van der Waals surface area (Å²) in [7, 11) is -1.12. The van der Waals surface area contributed by atoms with Gasteiger partial charge in [0.15, 0.2) is 0 Å². The molecule has 0 unspecified atom stereocenters. The molecule has 4 rings (SSSR count). The van der Waals surface area contributed by atoms with E-state index in [2.05, 4.69) is 0 Å². The van der Waals surface area contributed by atoms with Gasteiger partial charge in [0.2, 0.25) is 10.0 Å². The molecule has 0 saturated heterocycles. The van der Waals surface area contributed by atoms with Crippen molar-refractivity contribution in [3.05, 3.63) is 76.5 Å². The van der Waals surface area contributed by atoms with Crippen LogP contribution >= 0.6 is 23.1 Å².